The minimum Gasteiger partial charge on any atom is -0.394 e. The van der Waals surface area contributed by atoms with Gasteiger partial charge in [-0.15, -0.1) is 0 Å². The first kappa shape index (κ1) is 18.5. The summed E-state index contributed by atoms with van der Waals surface area (Å²) in [5, 5.41) is 15.7. The van der Waals surface area contributed by atoms with Gasteiger partial charge in [0.2, 0.25) is 5.91 Å². The number of amides is 1. The molecule has 0 aliphatic heterocycles. The Labute approximate surface area is 127 Å². The van der Waals surface area contributed by atoms with E-state index >= 15 is 0 Å². The topological polar surface area (TPSA) is 67.2 Å². The molecule has 1 heterocycles. The van der Waals surface area contributed by atoms with Crippen molar-refractivity contribution in [3.63, 3.8) is 0 Å². The van der Waals surface area contributed by atoms with E-state index in [0.717, 1.165) is 4.68 Å². The maximum absolute atomic E-state index is 12.5. The van der Waals surface area contributed by atoms with Gasteiger partial charge in [-0.05, 0) is 34.6 Å². The highest BCUT2D eigenvalue weighted by molar-refractivity contribution is 5.84. The first-order chi connectivity index (χ1) is 9.88. The zero-order valence-electron chi connectivity index (χ0n) is 13.4. The molecule has 1 unspecified atom stereocenters. The number of rotatable bonds is 5. The number of nitrogens with one attached hydrogen (secondary N) is 1. The molecule has 0 saturated carbocycles. The Morgan fingerprint density at radius 2 is 1.91 bits per heavy atom. The van der Waals surface area contributed by atoms with Gasteiger partial charge >= 0.3 is 6.18 Å². The van der Waals surface area contributed by atoms with Crippen LogP contribution in [0.5, 0.6) is 0 Å². The van der Waals surface area contributed by atoms with Crippen LogP contribution in [0.3, 0.4) is 0 Å². The van der Waals surface area contributed by atoms with Crippen molar-refractivity contribution in [2.24, 2.45) is 0 Å². The van der Waals surface area contributed by atoms with Gasteiger partial charge in [-0.1, -0.05) is 0 Å². The van der Waals surface area contributed by atoms with Gasteiger partial charge in [0.25, 0.3) is 0 Å². The third-order valence-electron chi connectivity index (χ3n) is 3.45. The molecule has 0 aliphatic rings. The van der Waals surface area contributed by atoms with Gasteiger partial charge in [-0.25, -0.2) is 0 Å². The SMILES string of the molecule is Cc1nn(CC(F)(F)F)c(C)c1C(C)C(=O)NC(C)(C)CO. The van der Waals surface area contributed by atoms with Crippen LogP contribution in [0, 0.1) is 13.8 Å². The van der Waals surface area contributed by atoms with E-state index in [1.807, 2.05) is 0 Å². The molecule has 1 amide bonds. The zero-order chi connectivity index (χ0) is 17.3. The van der Waals surface area contributed by atoms with Crippen LogP contribution in [0.2, 0.25) is 0 Å². The molecule has 22 heavy (non-hydrogen) atoms. The Hall–Kier alpha value is -1.57. The number of nitrogens with zero attached hydrogens (tertiary/aromatic N) is 2. The van der Waals surface area contributed by atoms with Crippen LogP contribution in [-0.4, -0.2) is 39.1 Å². The van der Waals surface area contributed by atoms with Crippen molar-refractivity contribution >= 4 is 5.91 Å². The van der Waals surface area contributed by atoms with Gasteiger partial charge in [0.05, 0.1) is 23.8 Å². The normalized spacial score (nSPS) is 14.0. The summed E-state index contributed by atoms with van der Waals surface area (Å²) >= 11 is 0. The molecule has 1 aromatic heterocycles. The molecule has 0 bridgehead atoms. The fourth-order valence-electron chi connectivity index (χ4n) is 2.27. The summed E-state index contributed by atoms with van der Waals surface area (Å²) in [5.74, 6) is -1.02. The molecule has 8 heteroatoms. The Kier molecular flexibility index (Phi) is 5.27. The lowest BCUT2D eigenvalue weighted by Crippen LogP contribution is -2.47. The third-order valence-corrected chi connectivity index (χ3v) is 3.45. The van der Waals surface area contributed by atoms with E-state index in [1.165, 1.54) is 6.92 Å². The van der Waals surface area contributed by atoms with E-state index in [1.54, 1.807) is 27.7 Å². The highest BCUT2D eigenvalue weighted by Crippen LogP contribution is 2.26. The quantitative estimate of drug-likeness (QED) is 0.872. The third kappa shape index (κ3) is 4.46. The van der Waals surface area contributed by atoms with Gasteiger partial charge in [0.15, 0.2) is 0 Å². The van der Waals surface area contributed by atoms with Crippen LogP contribution in [0.4, 0.5) is 13.2 Å². The van der Waals surface area contributed by atoms with Crippen molar-refractivity contribution in [2.75, 3.05) is 6.61 Å². The summed E-state index contributed by atoms with van der Waals surface area (Å²) in [4.78, 5) is 12.2. The largest absolute Gasteiger partial charge is 0.408 e. The maximum atomic E-state index is 12.5. The van der Waals surface area contributed by atoms with Crippen LogP contribution in [-0.2, 0) is 11.3 Å². The number of alkyl halides is 3. The van der Waals surface area contributed by atoms with Crippen molar-refractivity contribution < 1.29 is 23.1 Å². The number of aryl methyl sites for hydroxylation is 1. The number of halogens is 3. The molecule has 0 spiro atoms. The average Bonchev–Trinajstić information content (AvgIpc) is 2.61. The van der Waals surface area contributed by atoms with Crippen LogP contribution >= 0.6 is 0 Å². The summed E-state index contributed by atoms with van der Waals surface area (Å²) in [6.45, 7) is 6.59. The predicted molar refractivity (Wildman–Crippen MR) is 75.5 cm³/mol. The molecule has 1 atom stereocenters. The number of aliphatic hydroxyl groups is 1. The summed E-state index contributed by atoms with van der Waals surface area (Å²) in [6.07, 6.45) is -4.37. The number of hydrogen-bond acceptors (Lipinski definition) is 3. The van der Waals surface area contributed by atoms with Crippen molar-refractivity contribution in [1.29, 1.82) is 0 Å². The van der Waals surface area contributed by atoms with E-state index in [9.17, 15) is 23.1 Å². The second-order valence-corrected chi connectivity index (χ2v) is 6.11. The molecule has 1 aromatic rings. The number of carbonyl (C=O) groups excluding carboxylic acids is 1. The van der Waals surface area contributed by atoms with Crippen molar-refractivity contribution in [3.8, 4) is 0 Å². The smallest absolute Gasteiger partial charge is 0.394 e. The summed E-state index contributed by atoms with van der Waals surface area (Å²) < 4.78 is 38.4. The van der Waals surface area contributed by atoms with E-state index in [2.05, 4.69) is 10.4 Å². The summed E-state index contributed by atoms with van der Waals surface area (Å²) in [5.41, 5.74) is 0.399. The van der Waals surface area contributed by atoms with E-state index in [0.29, 0.717) is 17.0 Å². The number of aromatic nitrogens is 2. The second-order valence-electron chi connectivity index (χ2n) is 6.11. The molecule has 0 aliphatic carbocycles. The minimum absolute atomic E-state index is 0.239. The first-order valence-electron chi connectivity index (χ1n) is 6.91. The molecule has 5 nitrogen and oxygen atoms in total. The lowest BCUT2D eigenvalue weighted by Gasteiger charge is -2.25. The minimum atomic E-state index is -4.37. The number of hydrogen-bond donors (Lipinski definition) is 2. The molecule has 0 radical (unpaired) electrons. The maximum Gasteiger partial charge on any atom is 0.408 e. The predicted octanol–water partition coefficient (Wildman–Crippen LogP) is 2.05. The standard InChI is InChI=1S/C14H22F3N3O2/c1-8(12(22)18-13(4,5)7-21)11-9(2)19-20(10(11)3)6-14(15,16)17/h8,21H,6-7H2,1-5H3,(H,18,22). The van der Waals surface area contributed by atoms with Crippen LogP contribution < -0.4 is 5.32 Å². The van der Waals surface area contributed by atoms with E-state index in [4.69, 9.17) is 0 Å². The van der Waals surface area contributed by atoms with E-state index in [-0.39, 0.29) is 12.5 Å². The Morgan fingerprint density at radius 1 is 1.36 bits per heavy atom. The average molecular weight is 321 g/mol. The molecule has 0 fully saturated rings. The molecule has 0 saturated heterocycles. The Balaban J connectivity index is 3.04. The number of aliphatic hydroxyl groups excluding tert-OH is 1. The summed E-state index contributed by atoms with van der Waals surface area (Å²) in [7, 11) is 0. The highest BCUT2D eigenvalue weighted by Gasteiger charge is 2.32. The first-order valence-corrected chi connectivity index (χ1v) is 6.91. The lowest BCUT2D eigenvalue weighted by molar-refractivity contribution is -0.143. The lowest BCUT2D eigenvalue weighted by atomic mass is 9.96. The van der Waals surface area contributed by atoms with Gasteiger partial charge in [-0.3, -0.25) is 9.48 Å². The van der Waals surface area contributed by atoms with Gasteiger partial charge in [-0.2, -0.15) is 18.3 Å². The van der Waals surface area contributed by atoms with Gasteiger partial charge in [0.1, 0.15) is 6.54 Å². The van der Waals surface area contributed by atoms with Gasteiger partial charge in [0, 0.05) is 11.3 Å². The monoisotopic (exact) mass is 321 g/mol. The van der Waals surface area contributed by atoms with Crippen LogP contribution in [0.15, 0.2) is 0 Å². The fraction of sp³-hybridized carbons (Fsp3) is 0.714. The Bertz CT molecular complexity index is 550. The van der Waals surface area contributed by atoms with E-state index < -0.39 is 24.2 Å². The molecule has 2 N–H and O–H groups in total. The number of carbonyl (C=O) groups is 1. The van der Waals surface area contributed by atoms with Crippen LogP contribution in [0.25, 0.3) is 0 Å². The zero-order valence-corrected chi connectivity index (χ0v) is 13.4. The van der Waals surface area contributed by atoms with Gasteiger partial charge < -0.3 is 10.4 Å². The molecule has 0 aromatic carbocycles. The molecule has 126 valence electrons. The molecular weight excluding hydrogens is 299 g/mol. The molecular formula is C14H22F3N3O2. The van der Waals surface area contributed by atoms with Crippen molar-refractivity contribution in [3.05, 3.63) is 17.0 Å². The highest BCUT2D eigenvalue weighted by atomic mass is 19.4. The Morgan fingerprint density at radius 3 is 2.36 bits per heavy atom. The van der Waals surface area contributed by atoms with Crippen molar-refractivity contribution in [2.45, 2.75) is 58.8 Å². The second kappa shape index (κ2) is 6.28. The summed E-state index contributed by atoms with van der Waals surface area (Å²) in [6, 6.07) is 0. The molecule has 1 rings (SSSR count). The van der Waals surface area contributed by atoms with Crippen molar-refractivity contribution in [1.82, 2.24) is 15.1 Å². The van der Waals surface area contributed by atoms with Crippen LogP contribution in [0.1, 0.15) is 43.6 Å². The fourth-order valence-corrected chi connectivity index (χ4v) is 2.27.